The van der Waals surface area contributed by atoms with Gasteiger partial charge in [0.15, 0.2) is 5.75 Å². The Hall–Kier alpha value is -4.31. The Morgan fingerprint density at radius 1 is 0.583 bits per heavy atom. The Balaban J connectivity index is 1.20. The molecule has 3 rings (SSSR count). The van der Waals surface area contributed by atoms with Crippen LogP contribution in [0.2, 0.25) is 0 Å². The molecule has 0 spiro atoms. The van der Waals surface area contributed by atoms with Crippen LogP contribution >= 0.6 is 0 Å². The van der Waals surface area contributed by atoms with Crippen LogP contribution in [0.3, 0.4) is 0 Å². The molecule has 1 saturated carbocycles. The first-order chi connectivity index (χ1) is 23.5. The molecule has 0 N–H and O–H groups in total. The Morgan fingerprint density at radius 2 is 1.02 bits per heavy atom. The average molecular weight is 667 g/mol. The minimum absolute atomic E-state index is 0.132. The molecule has 0 radical (unpaired) electrons. The molecule has 0 heterocycles. The number of carbonyl (C=O) groups excluding carboxylic acids is 3. The molecule has 1 fully saturated rings. The highest BCUT2D eigenvalue weighted by atomic mass is 17.2. The van der Waals surface area contributed by atoms with Gasteiger partial charge in [0.2, 0.25) is 0 Å². The summed E-state index contributed by atoms with van der Waals surface area (Å²) in [5, 5.41) is 0. The molecule has 262 valence electrons. The lowest BCUT2D eigenvalue weighted by atomic mass is 9.82. The first-order valence-electron chi connectivity index (χ1n) is 17.0. The topological polar surface area (TPSA) is 116 Å². The maximum absolute atomic E-state index is 12.8. The Bertz CT molecular complexity index is 1230. The molecular formula is C38H50O10. The van der Waals surface area contributed by atoms with E-state index in [0.29, 0.717) is 50.5 Å². The van der Waals surface area contributed by atoms with Gasteiger partial charge in [-0.1, -0.05) is 13.2 Å². The molecular weight excluding hydrogens is 616 g/mol. The van der Waals surface area contributed by atoms with E-state index in [9.17, 15) is 14.4 Å². The van der Waals surface area contributed by atoms with Crippen LogP contribution in [0.25, 0.3) is 0 Å². The predicted octanol–water partition coefficient (Wildman–Crippen LogP) is 7.75. The molecule has 1 aliphatic rings. The Labute approximate surface area is 284 Å². The van der Waals surface area contributed by atoms with E-state index in [1.165, 1.54) is 12.2 Å². The van der Waals surface area contributed by atoms with Crippen LogP contribution in [0.5, 0.6) is 23.0 Å². The Kier molecular flexibility index (Phi) is 18.3. The van der Waals surface area contributed by atoms with Gasteiger partial charge in [-0.05, 0) is 131 Å². The van der Waals surface area contributed by atoms with Gasteiger partial charge in [0, 0.05) is 12.2 Å². The summed E-state index contributed by atoms with van der Waals surface area (Å²) in [5.74, 6) is 1.82. The molecule has 0 bridgehead atoms. The fourth-order valence-electron chi connectivity index (χ4n) is 5.12. The fourth-order valence-corrected chi connectivity index (χ4v) is 5.12. The third kappa shape index (κ3) is 16.0. The minimum atomic E-state index is -0.387. The number of rotatable bonds is 24. The lowest BCUT2D eigenvalue weighted by Gasteiger charge is -2.26. The van der Waals surface area contributed by atoms with Gasteiger partial charge in [-0.15, -0.1) is 0 Å². The second-order valence-corrected chi connectivity index (χ2v) is 11.7. The zero-order valence-corrected chi connectivity index (χ0v) is 27.9. The number of unbranched alkanes of at least 4 members (excludes halogenated alkanes) is 6. The van der Waals surface area contributed by atoms with Crippen molar-refractivity contribution in [3.05, 3.63) is 73.8 Å². The van der Waals surface area contributed by atoms with Gasteiger partial charge in [0.25, 0.3) is 0 Å². The standard InChI is InChI=1S/C38H50O10/c1-3-36(39)44-27-11-7-5-9-25-42-32-17-21-34(22-18-32)47-38(41)31-15-13-30(14-16-31)29-46-48-35-23-19-33(20-24-35)43-26-10-6-8-12-28-45-37(40)4-2/h3-4,17-24,30-31H,1-2,5-16,25-29H2. The van der Waals surface area contributed by atoms with Crippen LogP contribution in [-0.4, -0.2) is 50.9 Å². The van der Waals surface area contributed by atoms with E-state index < -0.39 is 0 Å². The number of hydrogen-bond acceptors (Lipinski definition) is 10. The molecule has 0 unspecified atom stereocenters. The van der Waals surface area contributed by atoms with E-state index in [-0.39, 0.29) is 23.8 Å². The number of carbonyl (C=O) groups is 3. The predicted molar refractivity (Wildman–Crippen MR) is 181 cm³/mol. The normalized spacial score (nSPS) is 15.5. The van der Waals surface area contributed by atoms with E-state index >= 15 is 0 Å². The van der Waals surface area contributed by atoms with Crippen molar-refractivity contribution >= 4 is 17.9 Å². The molecule has 0 aliphatic heterocycles. The first kappa shape index (κ1) is 38.1. The van der Waals surface area contributed by atoms with Crippen molar-refractivity contribution < 1.29 is 47.8 Å². The van der Waals surface area contributed by atoms with Crippen LogP contribution < -0.4 is 19.1 Å². The van der Waals surface area contributed by atoms with Crippen LogP contribution in [0.15, 0.2) is 73.8 Å². The van der Waals surface area contributed by atoms with Gasteiger partial charge in [0.1, 0.15) is 17.2 Å². The molecule has 10 nitrogen and oxygen atoms in total. The van der Waals surface area contributed by atoms with Crippen LogP contribution in [0.1, 0.15) is 77.0 Å². The molecule has 2 aromatic rings. The number of benzene rings is 2. The van der Waals surface area contributed by atoms with Crippen LogP contribution in [0, 0.1) is 11.8 Å². The van der Waals surface area contributed by atoms with Crippen molar-refractivity contribution in [2.75, 3.05) is 33.0 Å². The summed E-state index contributed by atoms with van der Waals surface area (Å²) in [6.45, 7) is 9.24. The number of ether oxygens (including phenoxy) is 5. The molecule has 0 atom stereocenters. The van der Waals surface area contributed by atoms with Crippen molar-refractivity contribution in [2.45, 2.75) is 77.0 Å². The molecule has 0 amide bonds. The average Bonchev–Trinajstić information content (AvgIpc) is 3.11. The highest BCUT2D eigenvalue weighted by Crippen LogP contribution is 2.31. The molecule has 1 aliphatic carbocycles. The van der Waals surface area contributed by atoms with Crippen LogP contribution in [-0.2, 0) is 28.7 Å². The molecule has 0 aromatic heterocycles. The van der Waals surface area contributed by atoms with Gasteiger partial charge in [-0.25, -0.2) is 9.59 Å². The second-order valence-electron chi connectivity index (χ2n) is 11.7. The lowest BCUT2D eigenvalue weighted by Crippen LogP contribution is -2.27. The van der Waals surface area contributed by atoms with Gasteiger partial charge in [-0.2, -0.15) is 4.89 Å². The number of esters is 3. The summed E-state index contributed by atoms with van der Waals surface area (Å²) >= 11 is 0. The highest BCUT2D eigenvalue weighted by molar-refractivity contribution is 5.81. The summed E-state index contributed by atoms with van der Waals surface area (Å²) in [5.41, 5.74) is 0. The van der Waals surface area contributed by atoms with E-state index in [4.69, 9.17) is 33.5 Å². The van der Waals surface area contributed by atoms with Crippen molar-refractivity contribution in [3.63, 3.8) is 0 Å². The number of hydrogen-bond donors (Lipinski definition) is 0. The highest BCUT2D eigenvalue weighted by Gasteiger charge is 2.28. The monoisotopic (exact) mass is 666 g/mol. The lowest BCUT2D eigenvalue weighted by molar-refractivity contribution is -0.218. The van der Waals surface area contributed by atoms with E-state index in [2.05, 4.69) is 13.2 Å². The zero-order chi connectivity index (χ0) is 34.2. The van der Waals surface area contributed by atoms with Crippen molar-refractivity contribution in [2.24, 2.45) is 11.8 Å². The van der Waals surface area contributed by atoms with E-state index in [1.54, 1.807) is 12.1 Å². The first-order valence-corrected chi connectivity index (χ1v) is 17.0. The van der Waals surface area contributed by atoms with Crippen LogP contribution in [0.4, 0.5) is 0 Å². The zero-order valence-electron chi connectivity index (χ0n) is 27.9. The van der Waals surface area contributed by atoms with Crippen molar-refractivity contribution in [3.8, 4) is 23.0 Å². The Morgan fingerprint density at radius 3 is 1.50 bits per heavy atom. The minimum Gasteiger partial charge on any atom is -0.494 e. The van der Waals surface area contributed by atoms with Gasteiger partial charge >= 0.3 is 17.9 Å². The van der Waals surface area contributed by atoms with Gasteiger partial charge in [-0.3, -0.25) is 4.79 Å². The smallest absolute Gasteiger partial charge is 0.330 e. The van der Waals surface area contributed by atoms with E-state index in [1.807, 2.05) is 36.4 Å². The maximum Gasteiger partial charge on any atom is 0.330 e. The van der Waals surface area contributed by atoms with E-state index in [0.717, 1.165) is 88.5 Å². The third-order valence-corrected chi connectivity index (χ3v) is 7.94. The maximum atomic E-state index is 12.8. The summed E-state index contributed by atoms with van der Waals surface area (Å²) in [7, 11) is 0. The fraction of sp³-hybridized carbons (Fsp3) is 0.500. The molecule has 0 saturated heterocycles. The summed E-state index contributed by atoms with van der Waals surface area (Å²) in [6.07, 6.45) is 12.9. The summed E-state index contributed by atoms with van der Waals surface area (Å²) in [6, 6.07) is 14.5. The summed E-state index contributed by atoms with van der Waals surface area (Å²) in [4.78, 5) is 45.7. The molecule has 48 heavy (non-hydrogen) atoms. The molecule has 10 heteroatoms. The largest absolute Gasteiger partial charge is 0.494 e. The van der Waals surface area contributed by atoms with Crippen molar-refractivity contribution in [1.29, 1.82) is 0 Å². The SMILES string of the molecule is C=CC(=O)OCCCCCCOc1ccc(OOCC2CCC(C(=O)Oc3ccc(OCCCCCCOC(=O)C=C)cc3)CC2)cc1. The second kappa shape index (κ2) is 23.1. The molecule has 2 aromatic carbocycles. The van der Waals surface area contributed by atoms with Crippen molar-refractivity contribution in [1.82, 2.24) is 0 Å². The van der Waals surface area contributed by atoms with Gasteiger partial charge in [0.05, 0.1) is 39.0 Å². The van der Waals surface area contributed by atoms with Gasteiger partial charge < -0.3 is 28.6 Å². The third-order valence-electron chi connectivity index (χ3n) is 7.94. The quantitative estimate of drug-likeness (QED) is 0.0275. The summed E-state index contributed by atoms with van der Waals surface area (Å²) < 4.78 is 27.1.